The monoisotopic (exact) mass is 192 g/mol. The minimum Gasteiger partial charge on any atom is -0.304 e. The lowest BCUT2D eigenvalue weighted by Crippen LogP contribution is -2.46. The molecular weight excluding hydrogens is 176 g/mol. The van der Waals surface area contributed by atoms with Crippen LogP contribution in [0.1, 0.15) is 6.92 Å². The molecule has 1 heterocycles. The predicted octanol–water partition coefficient (Wildman–Crippen LogP) is 1.16. The summed E-state index contributed by atoms with van der Waals surface area (Å²) in [5.74, 6) is 0. The van der Waals surface area contributed by atoms with Gasteiger partial charge >= 0.3 is 0 Å². The fourth-order valence-electron chi connectivity index (χ4n) is 1.25. The van der Waals surface area contributed by atoms with Crippen LogP contribution in [0, 0.1) is 0 Å². The fourth-order valence-corrected chi connectivity index (χ4v) is 2.00. The first-order valence-corrected chi connectivity index (χ1v) is 5.90. The minimum absolute atomic E-state index is 0.562. The van der Waals surface area contributed by atoms with Gasteiger partial charge < -0.3 is 4.90 Å². The first-order chi connectivity index (χ1) is 5.24. The molecule has 0 aromatic heterocycles. The molecule has 1 atom stereocenters. The van der Waals surface area contributed by atoms with Crippen LogP contribution >= 0.6 is 22.5 Å². The summed E-state index contributed by atoms with van der Waals surface area (Å²) in [5.41, 5.74) is 0. The quantitative estimate of drug-likeness (QED) is 0.518. The van der Waals surface area contributed by atoms with E-state index in [0.717, 1.165) is 0 Å². The van der Waals surface area contributed by atoms with Crippen molar-refractivity contribution in [3.63, 3.8) is 0 Å². The van der Waals surface area contributed by atoms with Crippen LogP contribution in [0.4, 0.5) is 0 Å². The Bertz CT molecular complexity index is 113. The molecule has 4 heteroatoms. The van der Waals surface area contributed by atoms with Gasteiger partial charge in [-0.15, -0.1) is 11.7 Å². The van der Waals surface area contributed by atoms with Crippen LogP contribution in [-0.4, -0.2) is 48.4 Å². The molecule has 0 aromatic carbocycles. The molecule has 0 saturated carbocycles. The molecule has 66 valence electrons. The van der Waals surface area contributed by atoms with Crippen LogP contribution in [0.2, 0.25) is 0 Å². The summed E-state index contributed by atoms with van der Waals surface area (Å²) >= 11 is 4.21. The van der Waals surface area contributed by atoms with Gasteiger partial charge in [0.15, 0.2) is 0 Å². The molecule has 1 aliphatic heterocycles. The van der Waals surface area contributed by atoms with E-state index < -0.39 is 0 Å². The largest absolute Gasteiger partial charge is 0.304 e. The van der Waals surface area contributed by atoms with Crippen LogP contribution in [0.25, 0.3) is 0 Å². The molecule has 1 unspecified atom stereocenters. The third-order valence-electron chi connectivity index (χ3n) is 2.20. The Morgan fingerprint density at radius 1 is 1.27 bits per heavy atom. The maximum absolute atomic E-state index is 4.21. The average molecular weight is 192 g/mol. The van der Waals surface area contributed by atoms with E-state index in [4.69, 9.17) is 0 Å². The third kappa shape index (κ3) is 2.86. The lowest BCUT2D eigenvalue weighted by molar-refractivity contribution is 0.150. The van der Waals surface area contributed by atoms with Gasteiger partial charge in [0.05, 0.1) is 5.37 Å². The lowest BCUT2D eigenvalue weighted by Gasteiger charge is -2.35. The Labute approximate surface area is 78.1 Å². The Hall–Kier alpha value is 0.620. The summed E-state index contributed by atoms with van der Waals surface area (Å²) in [6.07, 6.45) is 0. The average Bonchev–Trinajstić information content (AvgIpc) is 2.05. The molecule has 0 aliphatic carbocycles. The molecule has 1 aliphatic rings. The van der Waals surface area contributed by atoms with Gasteiger partial charge in [-0.2, -0.15) is 0 Å². The lowest BCUT2D eigenvalue weighted by atomic mass is 10.3. The van der Waals surface area contributed by atoms with Crippen molar-refractivity contribution in [1.29, 1.82) is 0 Å². The summed E-state index contributed by atoms with van der Waals surface area (Å²) in [6, 6.07) is 0. The molecule has 1 fully saturated rings. The van der Waals surface area contributed by atoms with Gasteiger partial charge in [-0.3, -0.25) is 4.90 Å². The summed E-state index contributed by atoms with van der Waals surface area (Å²) in [5, 5.41) is 0.562. The Morgan fingerprint density at radius 3 is 2.27 bits per heavy atom. The van der Waals surface area contributed by atoms with Crippen molar-refractivity contribution in [2.45, 2.75) is 12.3 Å². The van der Waals surface area contributed by atoms with Crippen molar-refractivity contribution in [2.75, 3.05) is 33.2 Å². The zero-order valence-corrected chi connectivity index (χ0v) is 8.87. The van der Waals surface area contributed by atoms with E-state index in [9.17, 15) is 0 Å². The zero-order chi connectivity index (χ0) is 8.27. The van der Waals surface area contributed by atoms with Crippen molar-refractivity contribution >= 4 is 22.5 Å². The van der Waals surface area contributed by atoms with Gasteiger partial charge in [0, 0.05) is 26.2 Å². The Morgan fingerprint density at radius 2 is 1.82 bits per heavy atom. The van der Waals surface area contributed by atoms with Crippen LogP contribution in [0.5, 0.6) is 0 Å². The second kappa shape index (κ2) is 4.60. The number of thiol groups is 1. The summed E-state index contributed by atoms with van der Waals surface area (Å²) in [4.78, 5) is 4.84. The molecular formula is C7H16N2S2. The van der Waals surface area contributed by atoms with Crippen LogP contribution in [0.3, 0.4) is 0 Å². The van der Waals surface area contributed by atoms with E-state index in [0.29, 0.717) is 5.37 Å². The first-order valence-electron chi connectivity index (χ1n) is 3.97. The Kier molecular flexibility index (Phi) is 4.06. The van der Waals surface area contributed by atoms with E-state index in [2.05, 4.69) is 35.4 Å². The van der Waals surface area contributed by atoms with E-state index in [-0.39, 0.29) is 0 Å². The topological polar surface area (TPSA) is 6.48 Å². The molecule has 0 amide bonds. The number of nitrogens with zero attached hydrogens (tertiary/aromatic N) is 2. The highest BCUT2D eigenvalue weighted by atomic mass is 33.1. The van der Waals surface area contributed by atoms with Gasteiger partial charge in [-0.05, 0) is 14.0 Å². The summed E-state index contributed by atoms with van der Waals surface area (Å²) in [7, 11) is 3.81. The number of hydrogen-bond donors (Lipinski definition) is 1. The summed E-state index contributed by atoms with van der Waals surface area (Å²) < 4.78 is 0. The van der Waals surface area contributed by atoms with E-state index in [1.54, 1.807) is 10.8 Å². The minimum atomic E-state index is 0.562. The first kappa shape index (κ1) is 9.71. The number of hydrogen-bond acceptors (Lipinski definition) is 4. The molecule has 0 radical (unpaired) electrons. The standard InChI is InChI=1S/C7H16N2S2/c1-7(11-10)9-5-3-8(2)4-6-9/h7,10H,3-6H2,1-2H3. The molecule has 0 N–H and O–H groups in total. The fraction of sp³-hybridized carbons (Fsp3) is 1.00. The van der Waals surface area contributed by atoms with Gasteiger partial charge in [0.2, 0.25) is 0 Å². The zero-order valence-electron chi connectivity index (χ0n) is 7.16. The molecule has 0 spiro atoms. The molecule has 1 saturated heterocycles. The highest BCUT2D eigenvalue weighted by molar-refractivity contribution is 8.68. The van der Waals surface area contributed by atoms with Crippen molar-refractivity contribution < 1.29 is 0 Å². The predicted molar refractivity (Wildman–Crippen MR) is 55.1 cm³/mol. The van der Waals surface area contributed by atoms with E-state index >= 15 is 0 Å². The molecule has 1 rings (SSSR count). The third-order valence-corrected chi connectivity index (χ3v) is 3.72. The normalized spacial score (nSPS) is 25.4. The van der Waals surface area contributed by atoms with E-state index in [1.807, 2.05) is 0 Å². The molecule has 0 aromatic rings. The highest BCUT2D eigenvalue weighted by Crippen LogP contribution is 2.19. The van der Waals surface area contributed by atoms with Crippen LogP contribution in [0.15, 0.2) is 0 Å². The number of piperazine rings is 1. The second-order valence-electron chi connectivity index (χ2n) is 3.04. The highest BCUT2D eigenvalue weighted by Gasteiger charge is 2.17. The Balaban J connectivity index is 2.27. The number of likely N-dealkylation sites (N-methyl/N-ethyl adjacent to an activating group) is 1. The van der Waals surface area contributed by atoms with Crippen molar-refractivity contribution in [1.82, 2.24) is 9.80 Å². The van der Waals surface area contributed by atoms with Gasteiger partial charge in [-0.25, -0.2) is 0 Å². The van der Waals surface area contributed by atoms with Crippen LogP contribution in [-0.2, 0) is 0 Å². The van der Waals surface area contributed by atoms with E-state index in [1.165, 1.54) is 26.2 Å². The van der Waals surface area contributed by atoms with Gasteiger partial charge in [0.1, 0.15) is 0 Å². The molecule has 2 nitrogen and oxygen atoms in total. The molecule has 11 heavy (non-hydrogen) atoms. The summed E-state index contributed by atoms with van der Waals surface area (Å²) in [6.45, 7) is 6.97. The van der Waals surface area contributed by atoms with Crippen LogP contribution < -0.4 is 0 Å². The van der Waals surface area contributed by atoms with Gasteiger partial charge in [0.25, 0.3) is 0 Å². The smallest absolute Gasteiger partial charge is 0.0631 e. The second-order valence-corrected chi connectivity index (χ2v) is 4.57. The van der Waals surface area contributed by atoms with Crippen molar-refractivity contribution in [2.24, 2.45) is 0 Å². The maximum Gasteiger partial charge on any atom is 0.0631 e. The van der Waals surface area contributed by atoms with Crippen molar-refractivity contribution in [3.05, 3.63) is 0 Å². The molecule has 0 bridgehead atoms. The maximum atomic E-state index is 4.21. The van der Waals surface area contributed by atoms with Crippen molar-refractivity contribution in [3.8, 4) is 0 Å². The number of rotatable bonds is 2. The SMILES string of the molecule is CC(SS)N1CCN(C)CC1. The van der Waals surface area contributed by atoms with Gasteiger partial charge in [-0.1, -0.05) is 10.8 Å².